The van der Waals surface area contributed by atoms with Crippen LogP contribution in [0.15, 0.2) is 22.0 Å². The van der Waals surface area contributed by atoms with Crippen molar-refractivity contribution in [3.8, 4) is 0 Å². The summed E-state index contributed by atoms with van der Waals surface area (Å²) in [6.45, 7) is 0. The van der Waals surface area contributed by atoms with Gasteiger partial charge in [0.15, 0.2) is 11.7 Å². The summed E-state index contributed by atoms with van der Waals surface area (Å²) >= 11 is 4.72. The largest absolute Gasteiger partial charge is 0.410 e. The standard InChI is InChI=1S/C18H20BrF3N4OS/c19-14-15(17(27)23-10-5-2-1-3-6-10)25-26-13(18(20,21)22)9-11(24-16(14)26)12-7-4-8-28-12/h4,7-8,10-11,13,24H,1-3,5-6,9H2,(H,23,27)/t11-,13-/m1/s1. The summed E-state index contributed by atoms with van der Waals surface area (Å²) in [7, 11) is 0. The number of hydrogen-bond acceptors (Lipinski definition) is 4. The van der Waals surface area contributed by atoms with Crippen molar-refractivity contribution < 1.29 is 18.0 Å². The van der Waals surface area contributed by atoms with Crippen LogP contribution in [0.1, 0.15) is 66.0 Å². The molecule has 1 aliphatic heterocycles. The predicted molar refractivity (Wildman–Crippen MR) is 105 cm³/mol. The van der Waals surface area contributed by atoms with E-state index < -0.39 is 24.2 Å². The van der Waals surface area contributed by atoms with Gasteiger partial charge in [-0.25, -0.2) is 4.68 Å². The summed E-state index contributed by atoms with van der Waals surface area (Å²) in [6, 6.07) is 1.41. The van der Waals surface area contributed by atoms with Crippen LogP contribution in [0.25, 0.3) is 0 Å². The third-order valence-corrected chi connectivity index (χ3v) is 7.07. The van der Waals surface area contributed by atoms with E-state index in [4.69, 9.17) is 0 Å². The van der Waals surface area contributed by atoms with Crippen molar-refractivity contribution in [2.75, 3.05) is 5.32 Å². The number of fused-ring (bicyclic) bond motifs is 1. The van der Waals surface area contributed by atoms with E-state index in [1.165, 1.54) is 11.3 Å². The van der Waals surface area contributed by atoms with Crippen LogP contribution < -0.4 is 10.6 Å². The van der Waals surface area contributed by atoms with Gasteiger partial charge < -0.3 is 10.6 Å². The number of rotatable bonds is 3. The smallest absolute Gasteiger partial charge is 0.362 e. The van der Waals surface area contributed by atoms with Gasteiger partial charge in [0.25, 0.3) is 5.91 Å². The number of aromatic nitrogens is 2. The second kappa shape index (κ2) is 7.70. The fraction of sp³-hybridized carbons (Fsp3) is 0.556. The molecule has 5 nitrogen and oxygen atoms in total. The molecule has 3 heterocycles. The van der Waals surface area contributed by atoms with E-state index >= 15 is 0 Å². The Morgan fingerprint density at radius 3 is 2.71 bits per heavy atom. The second-order valence-corrected chi connectivity index (χ2v) is 9.04. The van der Waals surface area contributed by atoms with Gasteiger partial charge in [-0.05, 0) is 40.2 Å². The molecule has 152 valence electrons. The Bertz CT molecular complexity index is 846. The summed E-state index contributed by atoms with van der Waals surface area (Å²) < 4.78 is 42.4. The molecule has 0 bridgehead atoms. The van der Waals surface area contributed by atoms with Crippen molar-refractivity contribution in [1.82, 2.24) is 15.1 Å². The topological polar surface area (TPSA) is 59.0 Å². The molecule has 0 saturated heterocycles. The zero-order valence-electron chi connectivity index (χ0n) is 14.9. The molecule has 0 aromatic carbocycles. The molecule has 0 spiro atoms. The highest BCUT2D eigenvalue weighted by molar-refractivity contribution is 9.10. The molecule has 1 amide bonds. The van der Waals surface area contributed by atoms with Crippen LogP contribution in [0, 0.1) is 0 Å². The van der Waals surface area contributed by atoms with Crippen molar-refractivity contribution in [2.24, 2.45) is 0 Å². The second-order valence-electron chi connectivity index (χ2n) is 7.27. The van der Waals surface area contributed by atoms with E-state index in [-0.39, 0.29) is 28.4 Å². The Kier molecular flexibility index (Phi) is 5.43. The number of carbonyl (C=O) groups excluding carboxylic acids is 1. The van der Waals surface area contributed by atoms with Gasteiger partial charge in [-0.2, -0.15) is 18.3 Å². The lowest BCUT2D eigenvalue weighted by molar-refractivity contribution is -0.173. The van der Waals surface area contributed by atoms with Gasteiger partial charge in [-0.3, -0.25) is 4.79 Å². The van der Waals surface area contributed by atoms with Gasteiger partial charge >= 0.3 is 6.18 Å². The molecule has 4 rings (SSSR count). The van der Waals surface area contributed by atoms with Crippen LogP contribution in [0.4, 0.5) is 19.0 Å². The molecular weight excluding hydrogens is 457 g/mol. The molecule has 2 atom stereocenters. The zero-order valence-corrected chi connectivity index (χ0v) is 17.3. The van der Waals surface area contributed by atoms with Crippen molar-refractivity contribution in [3.05, 3.63) is 32.6 Å². The average Bonchev–Trinajstić information content (AvgIpc) is 3.30. The number of nitrogens with zero attached hydrogens (tertiary/aromatic N) is 2. The van der Waals surface area contributed by atoms with Crippen molar-refractivity contribution in [3.63, 3.8) is 0 Å². The highest BCUT2D eigenvalue weighted by Gasteiger charge is 2.48. The lowest BCUT2D eigenvalue weighted by atomic mass is 9.95. The number of amides is 1. The Balaban J connectivity index is 1.65. The van der Waals surface area contributed by atoms with Gasteiger partial charge in [0, 0.05) is 17.3 Å². The Hall–Kier alpha value is -1.55. The first-order chi connectivity index (χ1) is 13.3. The normalized spacial score (nSPS) is 23.1. The van der Waals surface area contributed by atoms with Gasteiger partial charge in [0.1, 0.15) is 5.82 Å². The van der Waals surface area contributed by atoms with Gasteiger partial charge in [0.05, 0.1) is 10.5 Å². The minimum atomic E-state index is -4.46. The first kappa shape index (κ1) is 19.8. The van der Waals surface area contributed by atoms with E-state index in [1.807, 2.05) is 17.5 Å². The first-order valence-corrected chi connectivity index (χ1v) is 11.0. The maximum atomic E-state index is 13.7. The predicted octanol–water partition coefficient (Wildman–Crippen LogP) is 5.43. The SMILES string of the molecule is O=C(NC1CCCCC1)c1nn2c(c1Br)N[C@@H](c1cccs1)C[C@@H]2C(F)(F)F. The molecule has 2 aliphatic rings. The maximum absolute atomic E-state index is 13.7. The number of nitrogens with one attached hydrogen (secondary N) is 2. The number of hydrogen-bond donors (Lipinski definition) is 2. The summed E-state index contributed by atoms with van der Waals surface area (Å²) in [5.74, 6) is -0.239. The number of anilines is 1. The number of thiophene rings is 1. The molecule has 10 heteroatoms. The highest BCUT2D eigenvalue weighted by atomic mass is 79.9. The molecule has 1 aliphatic carbocycles. The minimum absolute atomic E-state index is 0.00541. The third-order valence-electron chi connectivity index (χ3n) is 5.34. The average molecular weight is 477 g/mol. The molecule has 0 radical (unpaired) electrons. The molecule has 28 heavy (non-hydrogen) atoms. The van der Waals surface area contributed by atoms with Crippen molar-refractivity contribution >= 4 is 39.0 Å². The van der Waals surface area contributed by atoms with Crippen molar-refractivity contribution in [2.45, 2.75) is 62.8 Å². The third kappa shape index (κ3) is 3.80. The van der Waals surface area contributed by atoms with Crippen LogP contribution in [0.3, 0.4) is 0 Å². The van der Waals surface area contributed by atoms with Crippen LogP contribution >= 0.6 is 27.3 Å². The van der Waals surface area contributed by atoms with E-state index in [2.05, 4.69) is 31.7 Å². The quantitative estimate of drug-likeness (QED) is 0.620. The maximum Gasteiger partial charge on any atom is 0.410 e. The number of halogens is 4. The lowest BCUT2D eigenvalue weighted by Gasteiger charge is -2.33. The number of carbonyl (C=O) groups is 1. The van der Waals surface area contributed by atoms with Crippen LogP contribution in [-0.4, -0.2) is 27.9 Å². The van der Waals surface area contributed by atoms with Gasteiger partial charge in [-0.15, -0.1) is 11.3 Å². The summed E-state index contributed by atoms with van der Waals surface area (Å²) in [4.78, 5) is 13.5. The molecule has 2 aromatic rings. The molecule has 1 saturated carbocycles. The van der Waals surface area contributed by atoms with E-state index in [9.17, 15) is 18.0 Å². The Morgan fingerprint density at radius 2 is 2.07 bits per heavy atom. The Morgan fingerprint density at radius 1 is 1.32 bits per heavy atom. The highest BCUT2D eigenvalue weighted by Crippen LogP contribution is 2.46. The van der Waals surface area contributed by atoms with E-state index in [1.54, 1.807) is 0 Å². The van der Waals surface area contributed by atoms with Crippen LogP contribution in [-0.2, 0) is 0 Å². The molecule has 0 unspecified atom stereocenters. The van der Waals surface area contributed by atoms with E-state index in [0.29, 0.717) is 0 Å². The molecule has 2 N–H and O–H groups in total. The lowest BCUT2D eigenvalue weighted by Crippen LogP contribution is -2.37. The Labute approximate surface area is 172 Å². The van der Waals surface area contributed by atoms with Gasteiger partial charge in [0.2, 0.25) is 0 Å². The monoisotopic (exact) mass is 476 g/mol. The fourth-order valence-electron chi connectivity index (χ4n) is 3.91. The van der Waals surface area contributed by atoms with Crippen LogP contribution in [0.2, 0.25) is 0 Å². The minimum Gasteiger partial charge on any atom is -0.362 e. The van der Waals surface area contributed by atoms with Gasteiger partial charge in [-0.1, -0.05) is 25.3 Å². The molecule has 1 fully saturated rings. The first-order valence-electron chi connectivity index (χ1n) is 9.30. The van der Waals surface area contributed by atoms with Crippen molar-refractivity contribution in [1.29, 1.82) is 0 Å². The summed E-state index contributed by atoms with van der Waals surface area (Å²) in [5, 5.41) is 12.0. The van der Waals surface area contributed by atoms with Crippen LogP contribution in [0.5, 0.6) is 0 Å². The zero-order chi connectivity index (χ0) is 19.9. The summed E-state index contributed by atoms with van der Waals surface area (Å²) in [5.41, 5.74) is -0.00541. The summed E-state index contributed by atoms with van der Waals surface area (Å²) in [6.07, 6.45) is 0.388. The molecular formula is C18H20BrF3N4OS. The fourth-order valence-corrected chi connectivity index (χ4v) is 5.26. The molecule has 2 aromatic heterocycles. The number of alkyl halides is 3. The van der Waals surface area contributed by atoms with E-state index in [0.717, 1.165) is 41.7 Å².